The zero-order valence-corrected chi connectivity index (χ0v) is 12.4. The van der Waals surface area contributed by atoms with Gasteiger partial charge in [-0.25, -0.2) is 0 Å². The lowest BCUT2D eigenvalue weighted by atomic mass is 10.1. The maximum atomic E-state index is 12.2. The number of carbonyl (C=O) groups is 1. The molecule has 0 aliphatic carbocycles. The van der Waals surface area contributed by atoms with Crippen LogP contribution >= 0.6 is 0 Å². The molecule has 2 rings (SSSR count). The van der Waals surface area contributed by atoms with E-state index in [1.807, 2.05) is 31.3 Å². The second-order valence-electron chi connectivity index (χ2n) is 4.66. The second kappa shape index (κ2) is 6.85. The van der Waals surface area contributed by atoms with E-state index in [9.17, 15) is 4.79 Å². The van der Waals surface area contributed by atoms with Crippen LogP contribution in [0.5, 0.6) is 5.75 Å². The third kappa shape index (κ3) is 3.58. The summed E-state index contributed by atoms with van der Waals surface area (Å²) in [5, 5.41) is 6.02. The Morgan fingerprint density at radius 2 is 1.95 bits per heavy atom. The summed E-state index contributed by atoms with van der Waals surface area (Å²) in [5.74, 6) is 0.235. The molecule has 5 heteroatoms. The Kier molecular flexibility index (Phi) is 4.90. The van der Waals surface area contributed by atoms with Crippen LogP contribution in [0.1, 0.15) is 28.9 Å². The molecule has 1 heterocycles. The van der Waals surface area contributed by atoms with Gasteiger partial charge < -0.3 is 15.4 Å². The van der Waals surface area contributed by atoms with E-state index in [4.69, 9.17) is 4.74 Å². The number of nitrogens with zero attached hydrogens (tertiary/aromatic N) is 1. The number of amides is 1. The molecule has 1 unspecified atom stereocenters. The third-order valence-electron chi connectivity index (χ3n) is 3.35. The van der Waals surface area contributed by atoms with Crippen molar-refractivity contribution < 1.29 is 9.53 Å². The predicted octanol–water partition coefficient (Wildman–Crippen LogP) is 2.62. The quantitative estimate of drug-likeness (QED) is 0.886. The fourth-order valence-electron chi connectivity index (χ4n) is 1.95. The fraction of sp³-hybridized carbons (Fsp3) is 0.250. The number of hydrogen-bond acceptors (Lipinski definition) is 4. The maximum absolute atomic E-state index is 12.2. The molecule has 1 amide bonds. The Bertz CT molecular complexity index is 611. The highest BCUT2D eigenvalue weighted by Gasteiger charge is 2.12. The van der Waals surface area contributed by atoms with E-state index in [-0.39, 0.29) is 11.9 Å². The van der Waals surface area contributed by atoms with Crippen LogP contribution < -0.4 is 15.4 Å². The van der Waals surface area contributed by atoms with Crippen LogP contribution in [0.15, 0.2) is 42.7 Å². The lowest BCUT2D eigenvalue weighted by Gasteiger charge is -2.12. The van der Waals surface area contributed by atoms with E-state index in [0.29, 0.717) is 11.3 Å². The first kappa shape index (κ1) is 15.0. The molecule has 1 aromatic heterocycles. The molecule has 0 bridgehead atoms. The van der Waals surface area contributed by atoms with Crippen molar-refractivity contribution >= 4 is 11.6 Å². The summed E-state index contributed by atoms with van der Waals surface area (Å²) in [6.07, 6.45) is 3.09. The summed E-state index contributed by atoms with van der Waals surface area (Å²) < 4.78 is 5.14. The lowest BCUT2D eigenvalue weighted by molar-refractivity contribution is 0.102. The maximum Gasteiger partial charge on any atom is 0.259 e. The lowest BCUT2D eigenvalue weighted by Crippen LogP contribution is -2.14. The van der Waals surface area contributed by atoms with Gasteiger partial charge in [0.05, 0.1) is 18.9 Å². The van der Waals surface area contributed by atoms with Gasteiger partial charge in [0, 0.05) is 17.9 Å². The van der Waals surface area contributed by atoms with Crippen LogP contribution in [-0.4, -0.2) is 25.0 Å². The van der Waals surface area contributed by atoms with Crippen molar-refractivity contribution in [2.45, 2.75) is 13.0 Å². The van der Waals surface area contributed by atoms with Gasteiger partial charge in [-0.1, -0.05) is 12.1 Å². The fourth-order valence-corrected chi connectivity index (χ4v) is 1.95. The average molecular weight is 285 g/mol. The van der Waals surface area contributed by atoms with Gasteiger partial charge in [0.1, 0.15) is 5.75 Å². The summed E-state index contributed by atoms with van der Waals surface area (Å²) in [4.78, 5) is 16.2. The van der Waals surface area contributed by atoms with Gasteiger partial charge in [0.2, 0.25) is 0 Å². The number of hydrogen-bond donors (Lipinski definition) is 2. The van der Waals surface area contributed by atoms with Gasteiger partial charge in [0.25, 0.3) is 5.91 Å². The number of carbonyl (C=O) groups excluding carboxylic acids is 1. The van der Waals surface area contributed by atoms with Crippen LogP contribution in [0.2, 0.25) is 0 Å². The summed E-state index contributed by atoms with van der Waals surface area (Å²) in [5.41, 5.74) is 2.36. The number of anilines is 1. The van der Waals surface area contributed by atoms with Crippen molar-refractivity contribution in [2.24, 2.45) is 0 Å². The molecule has 0 saturated carbocycles. The molecule has 2 aromatic rings. The molecule has 0 fully saturated rings. The van der Waals surface area contributed by atoms with E-state index >= 15 is 0 Å². The molecule has 0 spiro atoms. The second-order valence-corrected chi connectivity index (χ2v) is 4.66. The highest BCUT2D eigenvalue weighted by molar-refractivity contribution is 6.06. The normalized spacial score (nSPS) is 11.8. The first-order valence-electron chi connectivity index (χ1n) is 6.72. The molecule has 110 valence electrons. The Labute approximate surface area is 124 Å². The number of ether oxygens (including phenoxy) is 1. The molecule has 1 atom stereocenters. The number of aromatic nitrogens is 1. The summed E-state index contributed by atoms with van der Waals surface area (Å²) in [6, 6.07) is 9.64. The molecule has 2 N–H and O–H groups in total. The van der Waals surface area contributed by atoms with E-state index in [1.165, 1.54) is 13.3 Å². The molecule has 5 nitrogen and oxygen atoms in total. The minimum Gasteiger partial charge on any atom is -0.494 e. The van der Waals surface area contributed by atoms with Gasteiger partial charge in [-0.2, -0.15) is 0 Å². The minimum absolute atomic E-state index is 0.219. The molecule has 0 saturated heterocycles. The van der Waals surface area contributed by atoms with Gasteiger partial charge in [0.15, 0.2) is 0 Å². The van der Waals surface area contributed by atoms with Crippen molar-refractivity contribution in [3.8, 4) is 5.75 Å². The SMILES string of the molecule is CNC(C)c1ccc(NC(=O)c2ccncc2OC)cc1. The van der Waals surface area contributed by atoms with Gasteiger partial charge >= 0.3 is 0 Å². The highest BCUT2D eigenvalue weighted by Crippen LogP contribution is 2.19. The first-order valence-corrected chi connectivity index (χ1v) is 6.72. The van der Waals surface area contributed by atoms with Gasteiger partial charge in [-0.3, -0.25) is 9.78 Å². The predicted molar refractivity (Wildman–Crippen MR) is 82.7 cm³/mol. The van der Waals surface area contributed by atoms with Crippen molar-refractivity contribution in [3.05, 3.63) is 53.9 Å². The average Bonchev–Trinajstić information content (AvgIpc) is 2.54. The van der Waals surface area contributed by atoms with Crippen LogP contribution in [-0.2, 0) is 0 Å². The zero-order valence-electron chi connectivity index (χ0n) is 12.4. The number of pyridine rings is 1. The number of methoxy groups -OCH3 is 1. The molecule has 0 radical (unpaired) electrons. The molecule has 0 aliphatic rings. The summed E-state index contributed by atoms with van der Waals surface area (Å²) in [7, 11) is 3.43. The zero-order chi connectivity index (χ0) is 15.2. The molecule has 1 aromatic carbocycles. The molecule has 0 aliphatic heterocycles. The smallest absolute Gasteiger partial charge is 0.259 e. The summed E-state index contributed by atoms with van der Waals surface area (Å²) >= 11 is 0. The minimum atomic E-state index is -0.219. The Hall–Kier alpha value is -2.40. The number of benzene rings is 1. The van der Waals surface area contributed by atoms with E-state index in [2.05, 4.69) is 22.5 Å². The third-order valence-corrected chi connectivity index (χ3v) is 3.35. The van der Waals surface area contributed by atoms with Crippen LogP contribution in [0.3, 0.4) is 0 Å². The summed E-state index contributed by atoms with van der Waals surface area (Å²) in [6.45, 7) is 2.08. The van der Waals surface area contributed by atoms with E-state index < -0.39 is 0 Å². The van der Waals surface area contributed by atoms with Crippen molar-refractivity contribution in [3.63, 3.8) is 0 Å². The van der Waals surface area contributed by atoms with Crippen LogP contribution in [0.4, 0.5) is 5.69 Å². The van der Waals surface area contributed by atoms with Crippen LogP contribution in [0.25, 0.3) is 0 Å². The van der Waals surface area contributed by atoms with E-state index in [1.54, 1.807) is 12.3 Å². The van der Waals surface area contributed by atoms with Crippen molar-refractivity contribution in [2.75, 3.05) is 19.5 Å². The van der Waals surface area contributed by atoms with Crippen LogP contribution in [0, 0.1) is 0 Å². The van der Waals surface area contributed by atoms with E-state index in [0.717, 1.165) is 11.3 Å². The van der Waals surface area contributed by atoms with Crippen molar-refractivity contribution in [1.82, 2.24) is 10.3 Å². The van der Waals surface area contributed by atoms with Gasteiger partial charge in [-0.15, -0.1) is 0 Å². The highest BCUT2D eigenvalue weighted by atomic mass is 16.5. The monoisotopic (exact) mass is 285 g/mol. The Balaban J connectivity index is 2.12. The molecular formula is C16H19N3O2. The van der Waals surface area contributed by atoms with Crippen molar-refractivity contribution in [1.29, 1.82) is 0 Å². The Morgan fingerprint density at radius 1 is 1.24 bits per heavy atom. The number of nitrogens with one attached hydrogen (secondary N) is 2. The molecule has 21 heavy (non-hydrogen) atoms. The Morgan fingerprint density at radius 3 is 2.57 bits per heavy atom. The molecular weight excluding hydrogens is 266 g/mol. The van der Waals surface area contributed by atoms with Gasteiger partial charge in [-0.05, 0) is 37.7 Å². The standard InChI is InChI=1S/C16H19N3O2/c1-11(17-2)12-4-6-13(7-5-12)19-16(20)14-8-9-18-10-15(14)21-3/h4-11,17H,1-3H3,(H,19,20). The topological polar surface area (TPSA) is 63.2 Å². The first-order chi connectivity index (χ1) is 10.2. The largest absolute Gasteiger partial charge is 0.494 e. The number of rotatable bonds is 5.